The van der Waals surface area contributed by atoms with Gasteiger partial charge in [-0.25, -0.2) is 0 Å². The summed E-state index contributed by atoms with van der Waals surface area (Å²) in [4.78, 5) is 0. The zero-order valence-electron chi connectivity index (χ0n) is 3.99. The summed E-state index contributed by atoms with van der Waals surface area (Å²) in [5, 5.41) is 0. The molecule has 0 saturated carbocycles. The molecule has 0 aromatic carbocycles. The molecule has 0 rings (SSSR count). The predicted octanol–water partition coefficient (Wildman–Crippen LogP) is 1.76. The molecule has 0 heterocycles. The van der Waals surface area contributed by atoms with Crippen LogP contribution in [0.5, 0.6) is 0 Å². The van der Waals surface area contributed by atoms with E-state index in [1.807, 2.05) is 6.92 Å². The molecule has 0 nitrogen and oxygen atoms in total. The molecule has 0 heteroatoms. The molecule has 0 aliphatic rings. The van der Waals surface area contributed by atoms with Gasteiger partial charge in [-0.15, -0.1) is 0 Å². The normalized spacial score (nSPS) is 7.67. The topological polar surface area (TPSA) is 0 Å². The largest absolute Gasteiger partial charge is 0.0958 e. The second kappa shape index (κ2) is 1.81. The summed E-state index contributed by atoms with van der Waals surface area (Å²) in [7, 11) is 0. The first-order valence-corrected chi connectivity index (χ1v) is 1.75. The van der Waals surface area contributed by atoms with Crippen molar-refractivity contribution in [2.45, 2.75) is 6.92 Å². The fourth-order valence-corrected chi connectivity index (χ4v) is 0. The highest BCUT2D eigenvalue weighted by atomic mass is 13.8. The first-order chi connectivity index (χ1) is 2.64. The van der Waals surface area contributed by atoms with E-state index in [2.05, 4.69) is 13.5 Å². The maximum atomic E-state index is 5.14. The van der Waals surface area contributed by atoms with Crippen molar-refractivity contribution in [2.24, 2.45) is 0 Å². The van der Waals surface area contributed by atoms with E-state index >= 15 is 0 Å². The quantitative estimate of drug-likeness (QED) is 0.421. The molecule has 0 fully saturated rings. The van der Waals surface area contributed by atoms with E-state index in [0.29, 0.717) is 5.57 Å². The summed E-state index contributed by atoms with van der Waals surface area (Å²) in [6.45, 7) is 13.9. The lowest BCUT2D eigenvalue weighted by molar-refractivity contribution is 1.47. The van der Waals surface area contributed by atoms with E-state index in [-0.39, 0.29) is 0 Å². The molecular weight excluding hydrogens is 72.1 g/mol. The second-order valence-electron chi connectivity index (χ2n) is 1.31. The molecule has 0 atom stereocenters. The summed E-state index contributed by atoms with van der Waals surface area (Å²) in [6.07, 6.45) is 0. The maximum Gasteiger partial charge on any atom is -0.0236 e. The van der Waals surface area contributed by atoms with Gasteiger partial charge in [-0.2, -0.15) is 0 Å². The van der Waals surface area contributed by atoms with Crippen molar-refractivity contribution in [1.29, 1.82) is 0 Å². The average Bonchev–Trinajstić information content (AvgIpc) is 1.36. The van der Waals surface area contributed by atoms with E-state index < -0.39 is 0 Å². The highest BCUT2D eigenvalue weighted by Gasteiger charge is 1.78. The van der Waals surface area contributed by atoms with Crippen LogP contribution < -0.4 is 0 Å². The Kier molecular flexibility index (Phi) is 1.65. The number of rotatable bonds is 1. The molecule has 0 aromatic heterocycles. The van der Waals surface area contributed by atoms with Crippen molar-refractivity contribution in [1.82, 2.24) is 0 Å². The van der Waals surface area contributed by atoms with E-state index in [1.165, 1.54) is 0 Å². The van der Waals surface area contributed by atoms with Crippen molar-refractivity contribution in [2.75, 3.05) is 0 Å². The molecule has 2 radical (unpaired) electrons. The summed E-state index contributed by atoms with van der Waals surface area (Å²) in [6, 6.07) is 0. The Morgan fingerprint density at radius 2 is 1.83 bits per heavy atom. The van der Waals surface area contributed by atoms with Crippen LogP contribution in [0, 0.1) is 13.5 Å². The number of hydrogen-bond donors (Lipinski definition) is 0. The van der Waals surface area contributed by atoms with E-state index in [1.54, 1.807) is 0 Å². The zero-order valence-corrected chi connectivity index (χ0v) is 3.99. The molecule has 32 valence electrons. The standard InChI is InChI=1S/C6H8/c1-5(2)6(3)4/h1H,2-3H2,4H3. The Labute approximate surface area is 39.2 Å². The van der Waals surface area contributed by atoms with Gasteiger partial charge in [0.25, 0.3) is 0 Å². The lowest BCUT2D eigenvalue weighted by Crippen LogP contribution is -1.68. The molecule has 0 aromatic rings. The number of hydrogen-bond acceptors (Lipinski definition) is 0. The van der Waals surface area contributed by atoms with E-state index in [0.717, 1.165) is 5.57 Å². The van der Waals surface area contributed by atoms with Crippen molar-refractivity contribution >= 4 is 0 Å². The second-order valence-corrected chi connectivity index (χ2v) is 1.31. The van der Waals surface area contributed by atoms with Crippen LogP contribution in [0.3, 0.4) is 0 Å². The smallest absolute Gasteiger partial charge is 0.0236 e. The highest BCUT2D eigenvalue weighted by molar-refractivity contribution is 5.22. The van der Waals surface area contributed by atoms with Gasteiger partial charge in [0.15, 0.2) is 0 Å². The summed E-state index contributed by atoms with van der Waals surface area (Å²) < 4.78 is 0. The van der Waals surface area contributed by atoms with Gasteiger partial charge < -0.3 is 0 Å². The highest BCUT2D eigenvalue weighted by Crippen LogP contribution is 1.97. The third-order valence-corrected chi connectivity index (χ3v) is 0.548. The van der Waals surface area contributed by atoms with Crippen LogP contribution in [-0.4, -0.2) is 0 Å². The fraction of sp³-hybridized carbons (Fsp3) is 0.167. The van der Waals surface area contributed by atoms with Gasteiger partial charge in [0.05, 0.1) is 0 Å². The van der Waals surface area contributed by atoms with Crippen molar-refractivity contribution in [3.8, 4) is 0 Å². The van der Waals surface area contributed by atoms with E-state index in [9.17, 15) is 0 Å². The molecule has 0 bridgehead atoms. The maximum absolute atomic E-state index is 5.14. The van der Waals surface area contributed by atoms with Gasteiger partial charge in [0, 0.05) is 0 Å². The van der Waals surface area contributed by atoms with Crippen LogP contribution in [-0.2, 0) is 0 Å². The minimum atomic E-state index is 0.565. The van der Waals surface area contributed by atoms with Crippen LogP contribution in [0.15, 0.2) is 17.7 Å². The lowest BCUT2D eigenvalue weighted by Gasteiger charge is -1.87. The predicted molar refractivity (Wildman–Crippen MR) is 28.0 cm³/mol. The SMILES string of the molecule is [CH]=C([CH2])C(=C)C. The van der Waals surface area contributed by atoms with Crippen LogP contribution in [0.1, 0.15) is 6.92 Å². The van der Waals surface area contributed by atoms with Crippen LogP contribution >= 0.6 is 0 Å². The molecule has 0 unspecified atom stereocenters. The van der Waals surface area contributed by atoms with Crippen LogP contribution in [0.25, 0.3) is 0 Å². The monoisotopic (exact) mass is 80.1 g/mol. The van der Waals surface area contributed by atoms with Gasteiger partial charge in [-0.1, -0.05) is 18.7 Å². The first-order valence-electron chi connectivity index (χ1n) is 1.75. The fourth-order valence-electron chi connectivity index (χ4n) is 0. The summed E-state index contributed by atoms with van der Waals surface area (Å²) in [5.74, 6) is 0. The molecule has 0 saturated heterocycles. The van der Waals surface area contributed by atoms with Gasteiger partial charge in [-0.3, -0.25) is 0 Å². The molecule has 0 amide bonds. The van der Waals surface area contributed by atoms with Gasteiger partial charge in [0.1, 0.15) is 0 Å². The van der Waals surface area contributed by atoms with Crippen LogP contribution in [0.2, 0.25) is 0 Å². The molecular formula is C6H8. The lowest BCUT2D eigenvalue weighted by atomic mass is 10.2. The third-order valence-electron chi connectivity index (χ3n) is 0.548. The Bertz CT molecular complexity index is 66.0. The summed E-state index contributed by atoms with van der Waals surface area (Å²) >= 11 is 0. The molecule has 6 heavy (non-hydrogen) atoms. The van der Waals surface area contributed by atoms with Gasteiger partial charge in [0.2, 0.25) is 0 Å². The molecule has 0 N–H and O–H groups in total. The summed E-state index contributed by atoms with van der Waals surface area (Å²) in [5.41, 5.74) is 1.41. The van der Waals surface area contributed by atoms with Crippen molar-refractivity contribution in [3.63, 3.8) is 0 Å². The molecule has 0 spiro atoms. The van der Waals surface area contributed by atoms with E-state index in [4.69, 9.17) is 6.58 Å². The Balaban J connectivity index is 3.57. The Morgan fingerprint density at radius 1 is 1.67 bits per heavy atom. The minimum absolute atomic E-state index is 0.565. The van der Waals surface area contributed by atoms with Gasteiger partial charge in [-0.05, 0) is 19.4 Å². The zero-order chi connectivity index (χ0) is 5.15. The van der Waals surface area contributed by atoms with Crippen molar-refractivity contribution < 1.29 is 0 Å². The molecule has 0 aliphatic heterocycles. The first kappa shape index (κ1) is 5.48. The number of allylic oxidation sites excluding steroid dienone is 2. The Hall–Kier alpha value is -0.520. The molecule has 0 aliphatic carbocycles. The third kappa shape index (κ3) is 1.77. The minimum Gasteiger partial charge on any atom is -0.0958 e. The van der Waals surface area contributed by atoms with Crippen LogP contribution in [0.4, 0.5) is 0 Å². The van der Waals surface area contributed by atoms with Crippen molar-refractivity contribution in [3.05, 3.63) is 31.2 Å². The van der Waals surface area contributed by atoms with Gasteiger partial charge >= 0.3 is 0 Å². The average molecular weight is 80.1 g/mol. The Morgan fingerprint density at radius 3 is 1.83 bits per heavy atom.